The molecule has 0 saturated carbocycles. The van der Waals surface area contributed by atoms with Gasteiger partial charge in [0.05, 0.1) is 41.1 Å². The number of ketones is 1. The second-order valence-electron chi connectivity index (χ2n) is 7.10. The minimum atomic E-state index is -0.664. The highest BCUT2D eigenvalue weighted by Crippen LogP contribution is 2.33. The number of esters is 1. The van der Waals surface area contributed by atoms with Crippen molar-refractivity contribution >= 4 is 17.8 Å². The summed E-state index contributed by atoms with van der Waals surface area (Å²) in [5.41, 5.74) is 1.22. The van der Waals surface area contributed by atoms with Crippen LogP contribution >= 0.6 is 0 Å². The second kappa shape index (κ2) is 11.6. The van der Waals surface area contributed by atoms with E-state index in [1.54, 1.807) is 60.7 Å². The lowest BCUT2D eigenvalue weighted by Crippen LogP contribution is -2.12. The minimum Gasteiger partial charge on any atom is -0.497 e. The molecule has 8 nitrogen and oxygen atoms in total. The van der Waals surface area contributed by atoms with Crippen molar-refractivity contribution in [3.05, 3.63) is 77.4 Å². The third-order valence-corrected chi connectivity index (χ3v) is 5.12. The van der Waals surface area contributed by atoms with Crippen LogP contribution in [0.1, 0.15) is 26.3 Å². The molecule has 3 rings (SSSR count). The van der Waals surface area contributed by atoms with Crippen LogP contribution in [-0.4, -0.2) is 47.3 Å². The first-order valence-electron chi connectivity index (χ1n) is 10.5. The summed E-state index contributed by atoms with van der Waals surface area (Å²) >= 11 is 0. The summed E-state index contributed by atoms with van der Waals surface area (Å²) in [5, 5.41) is 0. The predicted molar refractivity (Wildman–Crippen MR) is 130 cm³/mol. The number of ether oxygens (including phenoxy) is 6. The van der Waals surface area contributed by atoms with Crippen molar-refractivity contribution in [1.82, 2.24) is 0 Å². The number of hydrogen-bond donors (Lipinski definition) is 0. The van der Waals surface area contributed by atoms with Crippen LogP contribution in [0, 0.1) is 0 Å². The first kappa shape index (κ1) is 25.2. The molecule has 0 aliphatic heterocycles. The molecule has 0 atom stereocenters. The molecule has 0 unspecified atom stereocenters. The summed E-state index contributed by atoms with van der Waals surface area (Å²) in [4.78, 5) is 25.6. The Hall–Kier alpha value is -4.46. The molecule has 182 valence electrons. The quantitative estimate of drug-likeness (QED) is 0.177. The largest absolute Gasteiger partial charge is 0.497 e. The highest BCUT2D eigenvalue weighted by Gasteiger charge is 2.22. The molecule has 0 radical (unpaired) electrons. The molecule has 0 fully saturated rings. The van der Waals surface area contributed by atoms with E-state index in [4.69, 9.17) is 28.4 Å². The molecule has 3 aromatic rings. The van der Waals surface area contributed by atoms with Crippen molar-refractivity contribution in [2.75, 3.05) is 35.5 Å². The number of carbonyl (C=O) groups excluding carboxylic acids is 2. The summed E-state index contributed by atoms with van der Waals surface area (Å²) in [6.07, 6.45) is 3.05. The van der Waals surface area contributed by atoms with Gasteiger partial charge in [-0.05, 0) is 48.0 Å². The van der Waals surface area contributed by atoms with Gasteiger partial charge in [0, 0.05) is 6.07 Å². The van der Waals surface area contributed by atoms with Crippen LogP contribution in [0.15, 0.2) is 60.7 Å². The monoisotopic (exact) mass is 478 g/mol. The molecule has 0 spiro atoms. The van der Waals surface area contributed by atoms with Gasteiger partial charge >= 0.3 is 5.97 Å². The molecule has 0 bridgehead atoms. The fourth-order valence-electron chi connectivity index (χ4n) is 3.34. The second-order valence-corrected chi connectivity index (χ2v) is 7.10. The summed E-state index contributed by atoms with van der Waals surface area (Å²) < 4.78 is 32.0. The van der Waals surface area contributed by atoms with Crippen LogP contribution in [0.5, 0.6) is 34.5 Å². The van der Waals surface area contributed by atoms with Gasteiger partial charge in [-0.2, -0.15) is 0 Å². The van der Waals surface area contributed by atoms with Crippen LogP contribution in [0.3, 0.4) is 0 Å². The Morgan fingerprint density at radius 1 is 0.657 bits per heavy atom. The fourth-order valence-corrected chi connectivity index (χ4v) is 3.34. The molecule has 0 saturated heterocycles. The number of hydrogen-bond acceptors (Lipinski definition) is 8. The van der Waals surface area contributed by atoms with E-state index in [1.807, 2.05) is 0 Å². The standard InChI is InChI=1S/C27H26O8/c1-30-18-11-12-19(24(16-18)33-4)20(28)13-9-17-10-14-21(25(15-17)34-5)35-27(29)26-22(31-2)7-6-8-23(26)32-3/h6-16H,1-5H3/b13-9+. The van der Waals surface area contributed by atoms with Crippen LogP contribution in [0.25, 0.3) is 6.08 Å². The highest BCUT2D eigenvalue weighted by molar-refractivity contribution is 6.08. The van der Waals surface area contributed by atoms with Gasteiger partial charge in [0.15, 0.2) is 17.3 Å². The van der Waals surface area contributed by atoms with Gasteiger partial charge in [0.2, 0.25) is 0 Å². The molecule has 0 aliphatic carbocycles. The normalized spacial score (nSPS) is 10.5. The van der Waals surface area contributed by atoms with Gasteiger partial charge in [-0.1, -0.05) is 18.2 Å². The number of rotatable bonds is 10. The molecular formula is C27H26O8. The molecule has 0 N–H and O–H groups in total. The zero-order valence-corrected chi connectivity index (χ0v) is 20.1. The van der Waals surface area contributed by atoms with Crippen LogP contribution in [-0.2, 0) is 0 Å². The van der Waals surface area contributed by atoms with E-state index in [0.717, 1.165) is 0 Å². The average molecular weight is 478 g/mol. The fraction of sp³-hybridized carbons (Fsp3) is 0.185. The van der Waals surface area contributed by atoms with E-state index < -0.39 is 5.97 Å². The van der Waals surface area contributed by atoms with Crippen molar-refractivity contribution < 1.29 is 38.0 Å². The number of methoxy groups -OCH3 is 5. The van der Waals surface area contributed by atoms with Crippen molar-refractivity contribution in [3.63, 3.8) is 0 Å². The van der Waals surface area contributed by atoms with E-state index in [9.17, 15) is 9.59 Å². The summed E-state index contributed by atoms with van der Waals surface area (Å²) in [5.74, 6) is 1.23. The SMILES string of the molecule is COc1ccc(C(=O)/C=C/c2ccc(OC(=O)c3c(OC)cccc3OC)c(OC)c2)c(OC)c1. The lowest BCUT2D eigenvalue weighted by atomic mass is 10.1. The number of allylic oxidation sites excluding steroid dienone is 1. The highest BCUT2D eigenvalue weighted by atomic mass is 16.6. The summed E-state index contributed by atoms with van der Waals surface area (Å²) in [7, 11) is 7.39. The van der Waals surface area contributed by atoms with Gasteiger partial charge in [-0.3, -0.25) is 4.79 Å². The van der Waals surface area contributed by atoms with Crippen molar-refractivity contribution in [3.8, 4) is 34.5 Å². The smallest absolute Gasteiger partial charge is 0.351 e. The molecule has 35 heavy (non-hydrogen) atoms. The van der Waals surface area contributed by atoms with Crippen LogP contribution < -0.4 is 28.4 Å². The zero-order valence-electron chi connectivity index (χ0n) is 20.1. The maximum absolute atomic E-state index is 12.9. The molecule has 0 aromatic heterocycles. The molecule has 3 aromatic carbocycles. The van der Waals surface area contributed by atoms with Crippen molar-refractivity contribution in [2.45, 2.75) is 0 Å². The molecule has 0 amide bonds. The van der Waals surface area contributed by atoms with E-state index in [2.05, 4.69) is 0 Å². The van der Waals surface area contributed by atoms with Gasteiger partial charge in [-0.15, -0.1) is 0 Å². The third kappa shape index (κ3) is 5.73. The van der Waals surface area contributed by atoms with E-state index in [1.165, 1.54) is 41.6 Å². The van der Waals surface area contributed by atoms with Gasteiger partial charge in [0.25, 0.3) is 0 Å². The Balaban J connectivity index is 1.82. The predicted octanol–water partition coefficient (Wildman–Crippen LogP) is 4.84. The third-order valence-electron chi connectivity index (χ3n) is 5.12. The number of carbonyl (C=O) groups is 2. The van der Waals surface area contributed by atoms with E-state index >= 15 is 0 Å². The first-order valence-corrected chi connectivity index (χ1v) is 10.5. The summed E-state index contributed by atoms with van der Waals surface area (Å²) in [6, 6.07) is 14.9. The Bertz CT molecular complexity index is 1220. The Morgan fingerprint density at radius 2 is 1.31 bits per heavy atom. The van der Waals surface area contributed by atoms with Crippen LogP contribution in [0.4, 0.5) is 0 Å². The van der Waals surface area contributed by atoms with E-state index in [-0.39, 0.29) is 17.1 Å². The van der Waals surface area contributed by atoms with E-state index in [0.29, 0.717) is 39.9 Å². The molecule has 0 heterocycles. The number of benzene rings is 3. The van der Waals surface area contributed by atoms with Gasteiger partial charge in [0.1, 0.15) is 28.6 Å². The lowest BCUT2D eigenvalue weighted by molar-refractivity contribution is 0.0722. The maximum atomic E-state index is 12.9. The van der Waals surface area contributed by atoms with Gasteiger partial charge in [-0.25, -0.2) is 4.79 Å². The Kier molecular flexibility index (Phi) is 8.34. The summed E-state index contributed by atoms with van der Waals surface area (Å²) in [6.45, 7) is 0. The molecule has 0 aliphatic rings. The molecule has 8 heteroatoms. The van der Waals surface area contributed by atoms with Crippen molar-refractivity contribution in [1.29, 1.82) is 0 Å². The zero-order chi connectivity index (χ0) is 25.4. The molecular weight excluding hydrogens is 452 g/mol. The maximum Gasteiger partial charge on any atom is 0.351 e. The minimum absolute atomic E-state index is 0.155. The van der Waals surface area contributed by atoms with Crippen LogP contribution in [0.2, 0.25) is 0 Å². The Labute approximate surface area is 203 Å². The van der Waals surface area contributed by atoms with Crippen molar-refractivity contribution in [2.24, 2.45) is 0 Å². The lowest BCUT2D eigenvalue weighted by Gasteiger charge is -2.14. The topological polar surface area (TPSA) is 89.5 Å². The Morgan fingerprint density at radius 3 is 1.91 bits per heavy atom. The first-order chi connectivity index (χ1) is 16.9. The average Bonchev–Trinajstić information content (AvgIpc) is 2.90. The van der Waals surface area contributed by atoms with Gasteiger partial charge < -0.3 is 28.4 Å².